The molecule has 2 heterocycles. The van der Waals surface area contributed by atoms with Gasteiger partial charge >= 0.3 is 5.97 Å². The molecular formula is C26H31NO5. The Bertz CT molecular complexity index is 1000. The van der Waals surface area contributed by atoms with E-state index in [4.69, 9.17) is 18.9 Å². The molecule has 6 nitrogen and oxygen atoms in total. The molecule has 0 spiro atoms. The molecule has 0 N–H and O–H groups in total. The maximum absolute atomic E-state index is 13.1. The summed E-state index contributed by atoms with van der Waals surface area (Å²) in [7, 11) is 4.96. The first kappa shape index (κ1) is 22.1. The summed E-state index contributed by atoms with van der Waals surface area (Å²) in [4.78, 5) is 15.4. The molecule has 2 aromatic carbocycles. The molecule has 0 aliphatic carbocycles. The number of carbonyl (C=O) groups is 1. The predicted octanol–water partition coefficient (Wildman–Crippen LogP) is 4.80. The quantitative estimate of drug-likeness (QED) is 0.606. The van der Waals surface area contributed by atoms with Crippen LogP contribution in [0.15, 0.2) is 42.6 Å². The summed E-state index contributed by atoms with van der Waals surface area (Å²) >= 11 is 0. The first-order chi connectivity index (χ1) is 15.5. The first-order valence-electron chi connectivity index (χ1n) is 11.0. The number of nitrogens with zero attached hydrogens (tertiary/aromatic N) is 1. The zero-order valence-corrected chi connectivity index (χ0v) is 19.3. The van der Waals surface area contributed by atoms with E-state index in [0.29, 0.717) is 18.1 Å². The van der Waals surface area contributed by atoms with Crippen LogP contribution < -0.4 is 14.2 Å². The van der Waals surface area contributed by atoms with Crippen molar-refractivity contribution in [2.24, 2.45) is 5.92 Å². The molecule has 2 aliphatic heterocycles. The van der Waals surface area contributed by atoms with Crippen molar-refractivity contribution in [3.63, 3.8) is 0 Å². The van der Waals surface area contributed by atoms with Gasteiger partial charge in [0.1, 0.15) is 5.75 Å². The van der Waals surface area contributed by atoms with Crippen LogP contribution in [0.5, 0.6) is 17.2 Å². The number of rotatable bonds is 6. The summed E-state index contributed by atoms with van der Waals surface area (Å²) in [6.45, 7) is 4.34. The number of benzene rings is 2. The number of piperidine rings is 1. The second-order valence-corrected chi connectivity index (χ2v) is 8.25. The largest absolute Gasteiger partial charge is 0.497 e. The molecule has 6 heteroatoms. The van der Waals surface area contributed by atoms with Crippen LogP contribution in [0.2, 0.25) is 0 Å². The molecule has 0 radical (unpaired) electrons. The SMILES string of the molecule is CCOC(=O)[C@@H]1[C@@H](c2ccc(OC)cc2)C[C@@H]2c3cc(OC)c(OC)cc3C=CN2[C@@H]1C. The fourth-order valence-electron chi connectivity index (χ4n) is 5.15. The van der Waals surface area contributed by atoms with Gasteiger partial charge in [-0.15, -0.1) is 0 Å². The van der Waals surface area contributed by atoms with Crippen molar-refractivity contribution < 1.29 is 23.7 Å². The Hall–Kier alpha value is -3.15. The number of esters is 1. The molecule has 2 aromatic rings. The number of methoxy groups -OCH3 is 3. The molecule has 1 saturated heterocycles. The number of ether oxygens (including phenoxy) is 4. The molecule has 0 bridgehead atoms. The Labute approximate surface area is 189 Å². The second-order valence-electron chi connectivity index (χ2n) is 8.25. The van der Waals surface area contributed by atoms with Gasteiger partial charge in [0, 0.05) is 18.2 Å². The minimum atomic E-state index is -0.272. The number of hydrogen-bond acceptors (Lipinski definition) is 6. The van der Waals surface area contributed by atoms with Crippen LogP contribution in [0.3, 0.4) is 0 Å². The van der Waals surface area contributed by atoms with Crippen LogP contribution in [-0.2, 0) is 9.53 Å². The average molecular weight is 438 g/mol. The van der Waals surface area contributed by atoms with Crippen molar-refractivity contribution in [2.75, 3.05) is 27.9 Å². The molecule has 4 atom stereocenters. The molecule has 0 unspecified atom stereocenters. The van der Waals surface area contributed by atoms with E-state index < -0.39 is 0 Å². The van der Waals surface area contributed by atoms with Gasteiger partial charge in [-0.25, -0.2) is 0 Å². The van der Waals surface area contributed by atoms with Gasteiger partial charge in [-0.3, -0.25) is 4.79 Å². The normalized spacial score (nSPS) is 23.7. The van der Waals surface area contributed by atoms with Gasteiger partial charge in [-0.1, -0.05) is 12.1 Å². The molecule has 0 amide bonds. The van der Waals surface area contributed by atoms with Crippen LogP contribution in [0.1, 0.15) is 48.9 Å². The van der Waals surface area contributed by atoms with Crippen LogP contribution in [0.4, 0.5) is 0 Å². The Morgan fingerprint density at radius 1 is 1.03 bits per heavy atom. The van der Waals surface area contributed by atoms with Gasteiger partial charge in [-0.05, 0) is 67.3 Å². The first-order valence-corrected chi connectivity index (χ1v) is 11.0. The van der Waals surface area contributed by atoms with E-state index in [9.17, 15) is 4.79 Å². The van der Waals surface area contributed by atoms with E-state index in [2.05, 4.69) is 42.3 Å². The van der Waals surface area contributed by atoms with E-state index in [1.807, 2.05) is 25.1 Å². The Morgan fingerprint density at radius 3 is 2.34 bits per heavy atom. The van der Waals surface area contributed by atoms with Gasteiger partial charge in [0.2, 0.25) is 0 Å². The van der Waals surface area contributed by atoms with Crippen LogP contribution in [0.25, 0.3) is 6.08 Å². The van der Waals surface area contributed by atoms with Crippen molar-refractivity contribution in [1.29, 1.82) is 0 Å². The van der Waals surface area contributed by atoms with Crippen molar-refractivity contribution in [3.05, 3.63) is 59.3 Å². The molecule has 0 saturated carbocycles. The second kappa shape index (κ2) is 9.15. The third kappa shape index (κ3) is 3.78. The zero-order valence-electron chi connectivity index (χ0n) is 19.3. The molecular weight excluding hydrogens is 406 g/mol. The molecule has 170 valence electrons. The third-order valence-corrected chi connectivity index (χ3v) is 6.74. The van der Waals surface area contributed by atoms with E-state index in [-0.39, 0.29) is 29.9 Å². The summed E-state index contributed by atoms with van der Waals surface area (Å²) in [5, 5.41) is 0. The highest BCUT2D eigenvalue weighted by Crippen LogP contribution is 2.50. The molecule has 0 aromatic heterocycles. The topological polar surface area (TPSA) is 57.2 Å². The highest BCUT2D eigenvalue weighted by atomic mass is 16.5. The lowest BCUT2D eigenvalue weighted by molar-refractivity contribution is -0.153. The Morgan fingerprint density at radius 2 is 1.72 bits per heavy atom. The van der Waals surface area contributed by atoms with E-state index >= 15 is 0 Å². The fourth-order valence-corrected chi connectivity index (χ4v) is 5.15. The lowest BCUT2D eigenvalue weighted by Gasteiger charge is -2.49. The number of hydrogen-bond donors (Lipinski definition) is 0. The van der Waals surface area contributed by atoms with Crippen LogP contribution >= 0.6 is 0 Å². The number of fused-ring (bicyclic) bond motifs is 3. The Balaban J connectivity index is 1.77. The molecule has 1 fully saturated rings. The monoisotopic (exact) mass is 437 g/mol. The number of carbonyl (C=O) groups excluding carboxylic acids is 1. The van der Waals surface area contributed by atoms with E-state index in [1.165, 1.54) is 5.56 Å². The minimum Gasteiger partial charge on any atom is -0.497 e. The van der Waals surface area contributed by atoms with Gasteiger partial charge < -0.3 is 23.8 Å². The standard InChI is InChI=1S/C26H31NO5/c1-6-32-26(28)25-16(2)27-12-11-18-13-23(30-4)24(31-5)15-20(18)22(27)14-21(25)17-7-9-19(29-3)10-8-17/h7-13,15-16,21-22,25H,6,14H2,1-5H3/t16-,21-,22-,25+/m1/s1. The third-order valence-electron chi connectivity index (χ3n) is 6.74. The van der Waals surface area contributed by atoms with Crippen molar-refractivity contribution in [1.82, 2.24) is 4.90 Å². The average Bonchev–Trinajstić information content (AvgIpc) is 2.82. The molecule has 2 aliphatic rings. The minimum absolute atomic E-state index is 0.0173. The Kier molecular flexibility index (Phi) is 6.31. The van der Waals surface area contributed by atoms with Gasteiger partial charge in [0.05, 0.1) is 39.9 Å². The summed E-state index contributed by atoms with van der Waals surface area (Å²) < 4.78 is 21.9. The predicted molar refractivity (Wildman–Crippen MR) is 123 cm³/mol. The highest BCUT2D eigenvalue weighted by molar-refractivity contribution is 5.75. The maximum Gasteiger partial charge on any atom is 0.311 e. The van der Waals surface area contributed by atoms with Gasteiger partial charge in [0.25, 0.3) is 0 Å². The summed E-state index contributed by atoms with van der Waals surface area (Å²) in [5.74, 6) is 1.82. The maximum atomic E-state index is 13.1. The van der Waals surface area contributed by atoms with Gasteiger partial charge in [0.15, 0.2) is 11.5 Å². The lowest BCUT2D eigenvalue weighted by atomic mass is 9.71. The zero-order chi connectivity index (χ0) is 22.8. The summed E-state index contributed by atoms with van der Waals surface area (Å²) in [6.07, 6.45) is 4.97. The van der Waals surface area contributed by atoms with Crippen LogP contribution in [-0.4, -0.2) is 44.8 Å². The highest BCUT2D eigenvalue weighted by Gasteiger charge is 2.46. The van der Waals surface area contributed by atoms with Crippen LogP contribution in [0, 0.1) is 5.92 Å². The molecule has 4 rings (SSSR count). The molecule has 32 heavy (non-hydrogen) atoms. The van der Waals surface area contributed by atoms with Crippen molar-refractivity contribution >= 4 is 12.0 Å². The lowest BCUT2D eigenvalue weighted by Crippen LogP contribution is -2.50. The fraction of sp³-hybridized carbons (Fsp3) is 0.423. The van der Waals surface area contributed by atoms with Crippen molar-refractivity contribution in [3.8, 4) is 17.2 Å². The summed E-state index contributed by atoms with van der Waals surface area (Å²) in [6, 6.07) is 12.2. The van der Waals surface area contributed by atoms with Crippen molar-refractivity contribution in [2.45, 2.75) is 38.3 Å². The van der Waals surface area contributed by atoms with E-state index in [0.717, 1.165) is 23.3 Å². The summed E-state index contributed by atoms with van der Waals surface area (Å²) in [5.41, 5.74) is 3.41. The van der Waals surface area contributed by atoms with Gasteiger partial charge in [-0.2, -0.15) is 0 Å². The smallest absolute Gasteiger partial charge is 0.311 e. The van der Waals surface area contributed by atoms with E-state index in [1.54, 1.807) is 21.3 Å².